The first-order valence-corrected chi connectivity index (χ1v) is 9.40. The number of amides is 1. The molecule has 0 unspecified atom stereocenters. The normalized spacial score (nSPS) is 19.4. The molecule has 2 aliphatic rings. The van der Waals surface area contributed by atoms with Gasteiger partial charge in [-0.3, -0.25) is 9.80 Å². The van der Waals surface area contributed by atoms with Gasteiger partial charge in [0.15, 0.2) is 5.17 Å². The highest BCUT2D eigenvalue weighted by Gasteiger charge is 2.28. The molecule has 0 aliphatic carbocycles. The molecule has 3 N–H and O–H groups in total. The van der Waals surface area contributed by atoms with E-state index < -0.39 is 17.3 Å². The summed E-state index contributed by atoms with van der Waals surface area (Å²) in [4.78, 5) is 28.8. The monoisotopic (exact) mass is 392 g/mol. The van der Waals surface area contributed by atoms with Gasteiger partial charge >= 0.3 is 5.97 Å². The van der Waals surface area contributed by atoms with Crippen molar-refractivity contribution in [3.8, 4) is 5.75 Å². The van der Waals surface area contributed by atoms with Crippen molar-refractivity contribution in [2.75, 3.05) is 13.1 Å². The van der Waals surface area contributed by atoms with Crippen LogP contribution in [-0.4, -0.2) is 40.7 Å². The van der Waals surface area contributed by atoms with Crippen LogP contribution in [0.3, 0.4) is 0 Å². The number of aliphatic imine (C=N–C) groups is 1. The number of hydrogen-bond donors (Lipinski definition) is 2. The van der Waals surface area contributed by atoms with E-state index in [0.717, 1.165) is 32.0 Å². The van der Waals surface area contributed by atoms with Crippen LogP contribution in [0.5, 0.6) is 5.75 Å². The van der Waals surface area contributed by atoms with Crippen LogP contribution < -0.4 is 15.9 Å². The number of carbonyl (C=O) groups is 2. The molecule has 0 bridgehead atoms. The Balaban J connectivity index is 1.82. The summed E-state index contributed by atoms with van der Waals surface area (Å²) < 4.78 is 18.9. The number of hydrazine groups is 1. The van der Waals surface area contributed by atoms with Crippen LogP contribution in [0.1, 0.15) is 32.3 Å². The Kier molecular flexibility index (Phi) is 5.64. The number of hydrogen-bond acceptors (Lipinski definition) is 7. The predicted molar refractivity (Wildman–Crippen MR) is 102 cm³/mol. The van der Waals surface area contributed by atoms with E-state index in [0.29, 0.717) is 15.6 Å². The highest BCUT2D eigenvalue weighted by Crippen LogP contribution is 2.33. The lowest BCUT2D eigenvalue weighted by Crippen LogP contribution is -2.45. The molecule has 0 saturated carbocycles. The average molecular weight is 392 g/mol. The lowest BCUT2D eigenvalue weighted by Gasteiger charge is -2.28. The van der Waals surface area contributed by atoms with Gasteiger partial charge in [0.05, 0.1) is 4.91 Å². The summed E-state index contributed by atoms with van der Waals surface area (Å²) in [5.41, 5.74) is 8.09. The van der Waals surface area contributed by atoms with Crippen LogP contribution in [0.4, 0.5) is 4.39 Å². The molecule has 0 aromatic heterocycles. The van der Waals surface area contributed by atoms with Crippen LogP contribution in [0.25, 0.3) is 6.08 Å². The summed E-state index contributed by atoms with van der Waals surface area (Å²) in [6.07, 6.45) is 3.64. The van der Waals surface area contributed by atoms with Gasteiger partial charge in [0, 0.05) is 24.7 Å². The fourth-order valence-corrected chi connectivity index (χ4v) is 3.36. The molecule has 27 heavy (non-hydrogen) atoms. The second kappa shape index (κ2) is 7.79. The smallest absolute Gasteiger partial charge is 0.330 e. The van der Waals surface area contributed by atoms with E-state index in [1.165, 1.54) is 37.7 Å². The number of halogens is 1. The lowest BCUT2D eigenvalue weighted by molar-refractivity contribution is -0.139. The third-order valence-corrected chi connectivity index (χ3v) is 4.95. The number of nitrogens with zero attached hydrogens (tertiary/aromatic N) is 2. The minimum atomic E-state index is -1.23. The summed E-state index contributed by atoms with van der Waals surface area (Å²) in [6, 6.07) is 3.77. The van der Waals surface area contributed by atoms with E-state index in [-0.39, 0.29) is 11.7 Å². The minimum absolute atomic E-state index is 0.00368. The number of rotatable bonds is 3. The highest BCUT2D eigenvalue weighted by atomic mass is 32.2. The molecule has 1 aromatic carbocycles. The number of nitrogens with two attached hydrogens (primary N) is 1. The zero-order valence-corrected chi connectivity index (χ0v) is 15.9. The van der Waals surface area contributed by atoms with E-state index in [4.69, 9.17) is 10.5 Å². The van der Waals surface area contributed by atoms with E-state index in [1.807, 2.05) is 5.01 Å². The summed E-state index contributed by atoms with van der Waals surface area (Å²) in [6.45, 7) is 4.60. The maximum atomic E-state index is 13.6. The molecule has 2 heterocycles. The van der Waals surface area contributed by atoms with Crippen LogP contribution in [0, 0.1) is 5.82 Å². The first-order valence-electron chi connectivity index (χ1n) is 8.58. The Morgan fingerprint density at radius 1 is 1.44 bits per heavy atom. The van der Waals surface area contributed by atoms with Gasteiger partial charge in [-0.2, -0.15) is 4.99 Å². The largest absolute Gasteiger partial charge is 0.424 e. The quantitative estimate of drug-likeness (QED) is 0.462. The van der Waals surface area contributed by atoms with Crippen molar-refractivity contribution in [2.45, 2.75) is 32.2 Å². The fraction of sp³-hybridized carbons (Fsp3) is 0.389. The number of amidine groups is 1. The molecule has 1 fully saturated rings. The van der Waals surface area contributed by atoms with Crippen molar-refractivity contribution in [3.05, 3.63) is 34.5 Å². The molecule has 9 heteroatoms. The molecule has 3 rings (SSSR count). The second-order valence-electron chi connectivity index (χ2n) is 6.87. The van der Waals surface area contributed by atoms with Gasteiger partial charge in [0.25, 0.3) is 5.91 Å². The Bertz CT molecular complexity index is 826. The molecule has 0 atom stereocenters. The SMILES string of the molecule is CC(C)(N)C(=O)Oc1cc(F)ccc1/C=C1/SC(N2CCCCN2)=NC1=O. The third kappa shape index (κ3) is 4.74. The molecule has 7 nitrogen and oxygen atoms in total. The first kappa shape index (κ1) is 19.5. The second-order valence-corrected chi connectivity index (χ2v) is 7.88. The minimum Gasteiger partial charge on any atom is -0.424 e. The lowest BCUT2D eigenvalue weighted by atomic mass is 10.1. The van der Waals surface area contributed by atoms with Crippen molar-refractivity contribution in [1.29, 1.82) is 0 Å². The van der Waals surface area contributed by atoms with Gasteiger partial charge in [-0.1, -0.05) is 0 Å². The van der Waals surface area contributed by atoms with E-state index in [2.05, 4.69) is 10.4 Å². The van der Waals surface area contributed by atoms with Crippen molar-refractivity contribution in [3.63, 3.8) is 0 Å². The van der Waals surface area contributed by atoms with Crippen LogP contribution in [0.2, 0.25) is 0 Å². The van der Waals surface area contributed by atoms with Crippen LogP contribution in [-0.2, 0) is 9.59 Å². The number of nitrogens with one attached hydrogen (secondary N) is 1. The molecule has 2 aliphatic heterocycles. The van der Waals surface area contributed by atoms with Gasteiger partial charge in [0.1, 0.15) is 17.1 Å². The zero-order chi connectivity index (χ0) is 19.6. The van der Waals surface area contributed by atoms with Crippen molar-refractivity contribution >= 4 is 34.9 Å². The number of benzene rings is 1. The van der Waals surface area contributed by atoms with Crippen LogP contribution >= 0.6 is 11.8 Å². The Labute approximate surface area is 160 Å². The summed E-state index contributed by atoms with van der Waals surface area (Å²) in [5.74, 6) is -1.64. The number of thioether (sulfide) groups is 1. The maximum absolute atomic E-state index is 13.6. The standard InChI is InChI=1S/C18H21FN4O3S/c1-18(2,20)16(25)26-13-10-12(19)6-5-11(13)9-14-15(24)22-17(27-14)23-8-4-3-7-21-23/h5-6,9-10,21H,3-4,7-8,20H2,1-2H3/b14-9+. The summed E-state index contributed by atoms with van der Waals surface area (Å²) in [5, 5.41) is 2.44. The topological polar surface area (TPSA) is 97.0 Å². The summed E-state index contributed by atoms with van der Waals surface area (Å²) in [7, 11) is 0. The average Bonchev–Trinajstić information content (AvgIpc) is 2.98. The van der Waals surface area contributed by atoms with E-state index in [1.54, 1.807) is 6.08 Å². The molecule has 0 spiro atoms. The van der Waals surface area contributed by atoms with Gasteiger partial charge in [-0.25, -0.2) is 14.6 Å². The molecule has 0 radical (unpaired) electrons. The Morgan fingerprint density at radius 2 is 2.22 bits per heavy atom. The van der Waals surface area contributed by atoms with Gasteiger partial charge in [0.2, 0.25) is 0 Å². The summed E-state index contributed by atoms with van der Waals surface area (Å²) >= 11 is 1.22. The Hall–Kier alpha value is -2.23. The van der Waals surface area contributed by atoms with Gasteiger partial charge in [-0.05, 0) is 56.7 Å². The molecule has 1 saturated heterocycles. The Morgan fingerprint density at radius 3 is 2.89 bits per heavy atom. The number of carbonyl (C=O) groups excluding carboxylic acids is 2. The van der Waals surface area contributed by atoms with Gasteiger partial charge in [-0.15, -0.1) is 0 Å². The molecular weight excluding hydrogens is 371 g/mol. The molecule has 1 amide bonds. The number of ether oxygens (including phenoxy) is 1. The predicted octanol–water partition coefficient (Wildman–Crippen LogP) is 2.04. The molecular formula is C18H21FN4O3S. The fourth-order valence-electron chi connectivity index (χ4n) is 2.45. The van der Waals surface area contributed by atoms with Crippen molar-refractivity contribution in [1.82, 2.24) is 10.4 Å². The van der Waals surface area contributed by atoms with E-state index >= 15 is 0 Å². The van der Waals surface area contributed by atoms with Crippen molar-refractivity contribution < 1.29 is 18.7 Å². The number of esters is 1. The first-order chi connectivity index (χ1) is 12.7. The molecule has 1 aromatic rings. The van der Waals surface area contributed by atoms with Crippen molar-refractivity contribution in [2.24, 2.45) is 10.7 Å². The van der Waals surface area contributed by atoms with Crippen LogP contribution in [0.15, 0.2) is 28.1 Å². The van der Waals surface area contributed by atoms with E-state index in [9.17, 15) is 14.0 Å². The van der Waals surface area contributed by atoms with Gasteiger partial charge < -0.3 is 10.5 Å². The highest BCUT2D eigenvalue weighted by molar-refractivity contribution is 8.18. The third-order valence-electron chi connectivity index (χ3n) is 3.94. The molecule has 144 valence electrons. The maximum Gasteiger partial charge on any atom is 0.330 e. The zero-order valence-electron chi connectivity index (χ0n) is 15.1.